The number of halogens is 7. The van der Waals surface area contributed by atoms with Crippen molar-refractivity contribution in [3.05, 3.63) is 35.1 Å². The van der Waals surface area contributed by atoms with Gasteiger partial charge in [-0.1, -0.05) is 6.07 Å². The summed E-state index contributed by atoms with van der Waals surface area (Å²) in [5, 5.41) is 9.27. The Morgan fingerprint density at radius 1 is 1.09 bits per heavy atom. The molecular weight excluding hydrogens is 327 g/mol. The van der Waals surface area contributed by atoms with Crippen molar-refractivity contribution in [1.82, 2.24) is 5.32 Å². The summed E-state index contributed by atoms with van der Waals surface area (Å²) in [6, 6.07) is -2.66. The second kappa shape index (κ2) is 5.81. The maximum Gasteiger partial charge on any atom is 0.419 e. The van der Waals surface area contributed by atoms with Crippen LogP contribution in [0.15, 0.2) is 18.2 Å². The number of rotatable bonds is 2. The van der Waals surface area contributed by atoms with Gasteiger partial charge < -0.3 is 10.4 Å². The van der Waals surface area contributed by atoms with E-state index in [0.717, 1.165) is 5.32 Å². The highest BCUT2D eigenvalue weighted by atomic mass is 19.4. The van der Waals surface area contributed by atoms with Gasteiger partial charge in [-0.2, -0.15) is 26.3 Å². The van der Waals surface area contributed by atoms with Gasteiger partial charge in [-0.05, 0) is 17.7 Å². The zero-order valence-electron chi connectivity index (χ0n) is 10.2. The molecule has 0 fully saturated rings. The Labute approximate surface area is 117 Å². The number of carbonyl (C=O) groups is 2. The maximum atomic E-state index is 13.0. The number of benzene rings is 1. The molecule has 0 radical (unpaired) electrons. The fourth-order valence-corrected chi connectivity index (χ4v) is 1.49. The van der Waals surface area contributed by atoms with Crippen molar-refractivity contribution in [2.75, 3.05) is 0 Å². The Morgan fingerprint density at radius 3 is 2.05 bits per heavy atom. The number of alkyl halides is 6. The zero-order valence-corrected chi connectivity index (χ0v) is 10.2. The number of hydrogen-bond acceptors (Lipinski definition) is 2. The third kappa shape index (κ3) is 4.09. The smallest absolute Gasteiger partial charge is 0.419 e. The highest BCUT2D eigenvalue weighted by molar-refractivity contribution is 6.31. The molecule has 1 unspecified atom stereocenters. The Morgan fingerprint density at radius 2 is 1.64 bits per heavy atom. The second-order valence-corrected chi connectivity index (χ2v) is 3.99. The van der Waals surface area contributed by atoms with E-state index in [0.29, 0.717) is 6.07 Å². The summed E-state index contributed by atoms with van der Waals surface area (Å²) in [5.41, 5.74) is -3.13. The lowest BCUT2D eigenvalue weighted by Gasteiger charge is -2.22. The lowest BCUT2D eigenvalue weighted by Crippen LogP contribution is -2.41. The molecule has 0 aromatic heterocycles. The van der Waals surface area contributed by atoms with Gasteiger partial charge in [0.15, 0.2) is 6.04 Å². The van der Waals surface area contributed by atoms with Gasteiger partial charge in [0, 0.05) is 0 Å². The Kier molecular flexibility index (Phi) is 4.68. The topological polar surface area (TPSA) is 66.4 Å². The SMILES string of the molecule is O=C(O)C(=O)NC(c1ccc(F)c(C(F)(F)F)c1)C(F)(F)F. The molecule has 2 N–H and O–H groups in total. The van der Waals surface area contributed by atoms with Crippen molar-refractivity contribution < 1.29 is 45.4 Å². The monoisotopic (exact) mass is 333 g/mol. The summed E-state index contributed by atoms with van der Waals surface area (Å²) < 4.78 is 88.8. The van der Waals surface area contributed by atoms with Gasteiger partial charge >= 0.3 is 24.2 Å². The van der Waals surface area contributed by atoms with Crippen molar-refractivity contribution >= 4 is 11.9 Å². The molecule has 0 heterocycles. The summed E-state index contributed by atoms with van der Waals surface area (Å²) in [7, 11) is 0. The van der Waals surface area contributed by atoms with Crippen LogP contribution in [0.1, 0.15) is 17.2 Å². The van der Waals surface area contributed by atoms with E-state index >= 15 is 0 Å². The number of hydrogen-bond donors (Lipinski definition) is 2. The predicted octanol–water partition coefficient (Wildman–Crippen LogP) is 2.65. The molecule has 4 nitrogen and oxygen atoms in total. The molecule has 0 aliphatic heterocycles. The minimum absolute atomic E-state index is 0.143. The minimum Gasteiger partial charge on any atom is -0.474 e. The predicted molar refractivity (Wildman–Crippen MR) is 56.0 cm³/mol. The number of aliphatic carboxylic acids is 1. The molecule has 122 valence electrons. The second-order valence-electron chi connectivity index (χ2n) is 3.99. The molecule has 1 rings (SSSR count). The quantitative estimate of drug-likeness (QED) is 0.646. The number of carbonyl (C=O) groups excluding carboxylic acids is 1. The first kappa shape index (κ1) is 17.7. The molecule has 22 heavy (non-hydrogen) atoms. The van der Waals surface area contributed by atoms with E-state index in [9.17, 15) is 40.3 Å². The van der Waals surface area contributed by atoms with Crippen LogP contribution >= 0.6 is 0 Å². The highest BCUT2D eigenvalue weighted by Gasteiger charge is 2.44. The Balaban J connectivity index is 3.33. The zero-order chi connectivity index (χ0) is 17.3. The molecule has 0 aliphatic rings. The van der Waals surface area contributed by atoms with Gasteiger partial charge in [0.2, 0.25) is 0 Å². The summed E-state index contributed by atoms with van der Waals surface area (Å²) in [6.45, 7) is 0. The molecule has 11 heteroatoms. The first-order valence-corrected chi connectivity index (χ1v) is 5.31. The number of carboxylic acid groups (broad SMARTS) is 1. The maximum absolute atomic E-state index is 13.0. The van der Waals surface area contributed by atoms with Gasteiger partial charge in [-0.15, -0.1) is 0 Å². The van der Waals surface area contributed by atoms with E-state index in [1.807, 2.05) is 0 Å². The van der Waals surface area contributed by atoms with Gasteiger partial charge in [0.25, 0.3) is 0 Å². The van der Waals surface area contributed by atoms with Crippen LogP contribution in [0.2, 0.25) is 0 Å². The number of carboxylic acids is 1. The Hall–Kier alpha value is -2.33. The van der Waals surface area contributed by atoms with Crippen LogP contribution in [0.4, 0.5) is 30.7 Å². The summed E-state index contributed by atoms with van der Waals surface area (Å²) in [6.07, 6.45) is -10.5. The fourth-order valence-electron chi connectivity index (χ4n) is 1.49. The minimum atomic E-state index is -5.29. The Bertz CT molecular complexity index is 594. The van der Waals surface area contributed by atoms with Crippen LogP contribution < -0.4 is 5.32 Å². The van der Waals surface area contributed by atoms with Crippen molar-refractivity contribution in [2.45, 2.75) is 18.4 Å². The highest BCUT2D eigenvalue weighted by Crippen LogP contribution is 2.37. The lowest BCUT2D eigenvalue weighted by molar-refractivity contribution is -0.168. The molecule has 1 atom stereocenters. The molecule has 0 aliphatic carbocycles. The summed E-state index contributed by atoms with van der Waals surface area (Å²) >= 11 is 0. The molecule has 1 amide bonds. The summed E-state index contributed by atoms with van der Waals surface area (Å²) in [4.78, 5) is 21.1. The fraction of sp³-hybridized carbons (Fsp3) is 0.273. The van der Waals surface area contributed by atoms with Crippen LogP contribution in [0.5, 0.6) is 0 Å². The molecule has 0 bridgehead atoms. The van der Waals surface area contributed by atoms with Crippen LogP contribution in [-0.4, -0.2) is 23.2 Å². The molecule has 0 saturated carbocycles. The number of amides is 1. The van der Waals surface area contributed by atoms with Gasteiger partial charge in [-0.25, -0.2) is 9.18 Å². The normalized spacial score (nSPS) is 13.6. The van der Waals surface area contributed by atoms with Gasteiger partial charge in [-0.3, -0.25) is 4.79 Å². The first-order chi connectivity index (χ1) is 9.84. The lowest BCUT2D eigenvalue weighted by atomic mass is 10.0. The molecule has 1 aromatic carbocycles. The van der Waals surface area contributed by atoms with Crippen LogP contribution in [0, 0.1) is 5.82 Å². The summed E-state index contributed by atoms with van der Waals surface area (Å²) in [5.74, 6) is -6.13. The van der Waals surface area contributed by atoms with E-state index in [4.69, 9.17) is 5.11 Å². The van der Waals surface area contributed by atoms with Gasteiger partial charge in [0.05, 0.1) is 5.56 Å². The molecular formula is C11H6F7NO3. The first-order valence-electron chi connectivity index (χ1n) is 5.31. The molecule has 1 aromatic rings. The van der Waals surface area contributed by atoms with Crippen LogP contribution in [-0.2, 0) is 15.8 Å². The van der Waals surface area contributed by atoms with E-state index in [1.54, 1.807) is 0 Å². The van der Waals surface area contributed by atoms with E-state index < -0.39 is 47.2 Å². The van der Waals surface area contributed by atoms with Crippen LogP contribution in [0.3, 0.4) is 0 Å². The number of nitrogens with one attached hydrogen (secondary N) is 1. The van der Waals surface area contributed by atoms with E-state index in [1.165, 1.54) is 0 Å². The van der Waals surface area contributed by atoms with Crippen molar-refractivity contribution in [3.63, 3.8) is 0 Å². The third-order valence-corrected chi connectivity index (χ3v) is 2.43. The van der Waals surface area contributed by atoms with E-state index in [-0.39, 0.29) is 12.1 Å². The van der Waals surface area contributed by atoms with Crippen molar-refractivity contribution in [1.29, 1.82) is 0 Å². The average molecular weight is 333 g/mol. The molecule has 0 saturated heterocycles. The largest absolute Gasteiger partial charge is 0.474 e. The standard InChI is InChI=1S/C11H6F7NO3/c12-6-2-1-4(3-5(6)10(13,14)15)7(11(16,17)18)19-8(20)9(21)22/h1-3,7H,(H,19,20)(H,21,22). The third-order valence-electron chi connectivity index (χ3n) is 2.43. The van der Waals surface area contributed by atoms with Crippen molar-refractivity contribution in [2.24, 2.45) is 0 Å². The van der Waals surface area contributed by atoms with Gasteiger partial charge in [0.1, 0.15) is 5.82 Å². The van der Waals surface area contributed by atoms with Crippen molar-refractivity contribution in [3.8, 4) is 0 Å². The molecule has 0 spiro atoms. The van der Waals surface area contributed by atoms with Crippen LogP contribution in [0.25, 0.3) is 0 Å². The van der Waals surface area contributed by atoms with E-state index in [2.05, 4.69) is 0 Å². The average Bonchev–Trinajstić information content (AvgIpc) is 2.33.